The van der Waals surface area contributed by atoms with Gasteiger partial charge in [-0.25, -0.2) is 0 Å². The van der Waals surface area contributed by atoms with Crippen LogP contribution in [0.3, 0.4) is 0 Å². The lowest BCUT2D eigenvalue weighted by Gasteiger charge is -2.46. The van der Waals surface area contributed by atoms with Crippen molar-refractivity contribution in [1.29, 1.82) is 0 Å². The molecular weight excluding hydrogens is 423 g/mol. The van der Waals surface area contributed by atoms with Crippen LogP contribution in [0.2, 0.25) is 0 Å². The molecule has 31 heavy (non-hydrogen) atoms. The zero-order chi connectivity index (χ0) is 21.2. The minimum atomic E-state index is -4.10. The molecule has 0 radical (unpaired) electrons. The Morgan fingerprint density at radius 1 is 0.710 bits per heavy atom. The van der Waals surface area contributed by atoms with Crippen molar-refractivity contribution in [1.82, 2.24) is 0 Å². The molecule has 5 saturated carbocycles. The van der Waals surface area contributed by atoms with Crippen molar-refractivity contribution in [3.63, 3.8) is 0 Å². The lowest BCUT2D eigenvalue weighted by molar-refractivity contribution is 0.423. The fourth-order valence-electron chi connectivity index (χ4n) is 8.56. The fourth-order valence-corrected chi connectivity index (χ4v) is 14.1. The second-order valence-electron chi connectivity index (χ2n) is 11.5. The first kappa shape index (κ1) is 21.1. The third-order valence-corrected chi connectivity index (χ3v) is 15.0. The largest absolute Gasteiger partial charge is 0.294 e. The Hall–Kier alpha value is -0.440. The first-order valence-corrected chi connectivity index (χ1v) is 15.8. The van der Waals surface area contributed by atoms with Crippen LogP contribution in [0.1, 0.15) is 88.5 Å². The summed E-state index contributed by atoms with van der Waals surface area (Å²) >= 11 is 0. The summed E-state index contributed by atoms with van der Waals surface area (Å²) in [6.07, 6.45) is 17.7. The van der Waals surface area contributed by atoms with E-state index < -0.39 is 10.1 Å². The molecular formula is C26H37O3PS. The second-order valence-corrected chi connectivity index (χ2v) is 15.9. The average Bonchev–Trinajstić information content (AvgIpc) is 3.56. The highest BCUT2D eigenvalue weighted by molar-refractivity contribution is 7.85. The third-order valence-electron chi connectivity index (χ3n) is 9.94. The Balaban J connectivity index is 1.17. The molecule has 1 aromatic rings. The lowest BCUT2D eigenvalue weighted by Crippen LogP contribution is -2.32. The van der Waals surface area contributed by atoms with Gasteiger partial charge in [0.2, 0.25) is 0 Å². The van der Waals surface area contributed by atoms with Crippen LogP contribution < -0.4 is 0 Å². The first-order chi connectivity index (χ1) is 15.0. The van der Waals surface area contributed by atoms with Gasteiger partial charge in [-0.1, -0.05) is 32.9 Å². The molecule has 6 atom stereocenters. The second kappa shape index (κ2) is 8.10. The first-order valence-electron chi connectivity index (χ1n) is 12.8. The maximum absolute atomic E-state index is 11.4. The summed E-state index contributed by atoms with van der Waals surface area (Å²) < 4.78 is 32.0. The van der Waals surface area contributed by atoms with Gasteiger partial charge in [0.05, 0.1) is 4.90 Å². The average molecular weight is 461 g/mol. The minimum Gasteiger partial charge on any atom is -0.282 e. The number of rotatable bonds is 5. The smallest absolute Gasteiger partial charge is 0.282 e. The SMILES string of the molecule is O=S(=O)(O)c1ccc(C2CCC(P(C3CC4CCC3C4)C3CC4CCC3C4)CC2)cc1. The molecule has 5 aliphatic rings. The third kappa shape index (κ3) is 3.93. The molecule has 5 aliphatic carbocycles. The monoisotopic (exact) mass is 460 g/mol. The van der Waals surface area contributed by atoms with Crippen LogP contribution in [0.15, 0.2) is 29.2 Å². The van der Waals surface area contributed by atoms with Crippen LogP contribution in [-0.4, -0.2) is 29.9 Å². The molecule has 5 heteroatoms. The van der Waals surface area contributed by atoms with E-state index in [1.807, 2.05) is 12.1 Å². The van der Waals surface area contributed by atoms with Gasteiger partial charge in [0.15, 0.2) is 0 Å². The van der Waals surface area contributed by atoms with Gasteiger partial charge in [-0.15, -0.1) is 0 Å². The number of hydrogen-bond donors (Lipinski definition) is 1. The van der Waals surface area contributed by atoms with E-state index in [9.17, 15) is 13.0 Å². The summed E-state index contributed by atoms with van der Waals surface area (Å²) in [7, 11) is -3.93. The molecule has 0 heterocycles. The maximum Gasteiger partial charge on any atom is 0.294 e. The molecule has 3 nitrogen and oxygen atoms in total. The molecule has 6 unspecified atom stereocenters. The summed E-state index contributed by atoms with van der Waals surface area (Å²) in [6.45, 7) is 0. The van der Waals surface area contributed by atoms with Gasteiger partial charge in [-0.3, -0.25) is 4.55 Å². The highest BCUT2D eigenvalue weighted by Gasteiger charge is 2.52. The van der Waals surface area contributed by atoms with Crippen molar-refractivity contribution in [2.75, 3.05) is 0 Å². The summed E-state index contributed by atoms with van der Waals surface area (Å²) in [5, 5.41) is 0. The van der Waals surface area contributed by atoms with Crippen molar-refractivity contribution < 1.29 is 13.0 Å². The molecule has 1 N–H and O–H groups in total. The number of fused-ring (bicyclic) bond motifs is 4. The van der Waals surface area contributed by atoms with E-state index in [4.69, 9.17) is 0 Å². The van der Waals surface area contributed by atoms with Crippen molar-refractivity contribution in [3.8, 4) is 0 Å². The van der Waals surface area contributed by atoms with Crippen molar-refractivity contribution in [2.24, 2.45) is 23.7 Å². The van der Waals surface area contributed by atoms with Gasteiger partial charge >= 0.3 is 0 Å². The predicted octanol–water partition coefficient (Wildman–Crippen LogP) is 6.82. The number of hydrogen-bond acceptors (Lipinski definition) is 2. The molecule has 170 valence electrons. The van der Waals surface area contributed by atoms with Gasteiger partial charge in [0.25, 0.3) is 10.1 Å². The van der Waals surface area contributed by atoms with Crippen LogP contribution in [0.5, 0.6) is 0 Å². The van der Waals surface area contributed by atoms with Crippen LogP contribution >= 0.6 is 7.92 Å². The van der Waals surface area contributed by atoms with Crippen LogP contribution in [-0.2, 0) is 10.1 Å². The van der Waals surface area contributed by atoms with Crippen molar-refractivity contribution in [2.45, 2.75) is 105 Å². The van der Waals surface area contributed by atoms with Crippen LogP contribution in [0.25, 0.3) is 0 Å². The zero-order valence-corrected chi connectivity index (χ0v) is 20.2. The van der Waals surface area contributed by atoms with Gasteiger partial charge in [0, 0.05) is 0 Å². The topological polar surface area (TPSA) is 54.4 Å². The Labute approximate surface area is 189 Å². The molecule has 0 aromatic heterocycles. The van der Waals surface area contributed by atoms with E-state index in [-0.39, 0.29) is 12.8 Å². The molecule has 6 rings (SSSR count). The van der Waals surface area contributed by atoms with Gasteiger partial charge in [0.1, 0.15) is 0 Å². The Kier molecular flexibility index (Phi) is 5.52. The Morgan fingerprint density at radius 2 is 1.26 bits per heavy atom. The lowest BCUT2D eigenvalue weighted by atomic mass is 9.84. The summed E-state index contributed by atoms with van der Waals surface area (Å²) in [5.74, 6) is 4.83. The van der Waals surface area contributed by atoms with Gasteiger partial charge in [-0.2, -0.15) is 8.42 Å². The quantitative estimate of drug-likeness (QED) is 0.387. The van der Waals surface area contributed by atoms with E-state index in [1.54, 1.807) is 37.8 Å². The summed E-state index contributed by atoms with van der Waals surface area (Å²) in [6, 6.07) is 7.02. The molecule has 0 amide bonds. The van der Waals surface area contributed by atoms with Crippen molar-refractivity contribution >= 4 is 18.0 Å². The van der Waals surface area contributed by atoms with Gasteiger partial charge in [-0.05, 0) is 128 Å². The highest BCUT2D eigenvalue weighted by Crippen LogP contribution is 2.70. The molecule has 4 bridgehead atoms. The normalized spacial score (nSPS) is 42.9. The Bertz CT molecular complexity index is 877. The molecule has 0 spiro atoms. The fraction of sp³-hybridized carbons (Fsp3) is 0.769. The van der Waals surface area contributed by atoms with Crippen LogP contribution in [0, 0.1) is 23.7 Å². The van der Waals surface area contributed by atoms with E-state index in [0.717, 1.165) is 40.6 Å². The van der Waals surface area contributed by atoms with Gasteiger partial charge < -0.3 is 0 Å². The van der Waals surface area contributed by atoms with Crippen molar-refractivity contribution in [3.05, 3.63) is 29.8 Å². The maximum atomic E-state index is 11.4. The van der Waals surface area contributed by atoms with E-state index in [0.29, 0.717) is 5.92 Å². The zero-order valence-electron chi connectivity index (χ0n) is 18.5. The highest BCUT2D eigenvalue weighted by atomic mass is 32.2. The van der Waals surface area contributed by atoms with E-state index in [2.05, 4.69) is 0 Å². The minimum absolute atomic E-state index is 0.0148. The summed E-state index contributed by atoms with van der Waals surface area (Å²) in [4.78, 5) is 0.0148. The molecule has 1 aromatic carbocycles. The summed E-state index contributed by atoms with van der Waals surface area (Å²) in [5.41, 5.74) is 4.43. The number of benzene rings is 1. The van der Waals surface area contributed by atoms with Crippen LogP contribution in [0.4, 0.5) is 0 Å². The molecule has 5 fully saturated rings. The Morgan fingerprint density at radius 3 is 1.68 bits per heavy atom. The predicted molar refractivity (Wildman–Crippen MR) is 127 cm³/mol. The standard InChI is InChI=1S/C26H37O3PS/c27-31(28,29)24-11-7-20(8-12-24)19-5-9-23(10-6-19)30(25-15-17-1-3-21(25)13-17)26-16-18-2-4-22(26)14-18/h7-8,11-12,17-19,21-23,25-26H,1-6,9-10,13-16H2,(H,27,28,29). The molecule has 0 aliphatic heterocycles. The molecule has 0 saturated heterocycles. The van der Waals surface area contributed by atoms with E-state index in [1.165, 1.54) is 56.9 Å². The van der Waals surface area contributed by atoms with E-state index >= 15 is 0 Å².